The van der Waals surface area contributed by atoms with Crippen molar-refractivity contribution < 1.29 is 17.6 Å². The summed E-state index contributed by atoms with van der Waals surface area (Å²) in [5.41, 5.74) is 2.08. The Morgan fingerprint density at radius 2 is 1.97 bits per heavy atom. The summed E-state index contributed by atoms with van der Waals surface area (Å²) < 4.78 is 41.7. The molecule has 0 aliphatic rings. The monoisotopic (exact) mass is 500 g/mol. The van der Waals surface area contributed by atoms with Crippen molar-refractivity contribution in [2.45, 2.75) is 24.9 Å². The maximum Gasteiger partial charge on any atom is 0.263 e. The van der Waals surface area contributed by atoms with E-state index in [0.717, 1.165) is 17.7 Å². The Morgan fingerprint density at radius 1 is 1.18 bits per heavy atom. The number of rotatable bonds is 9. The maximum atomic E-state index is 13.0. The molecule has 1 aromatic carbocycles. The normalized spacial score (nSPS) is 11.5. The van der Waals surface area contributed by atoms with Crippen molar-refractivity contribution in [3.63, 3.8) is 0 Å². The average molecular weight is 501 g/mol. The van der Waals surface area contributed by atoms with Gasteiger partial charge in [-0.05, 0) is 48.9 Å². The van der Waals surface area contributed by atoms with Crippen molar-refractivity contribution in [2.24, 2.45) is 0 Å². The summed E-state index contributed by atoms with van der Waals surface area (Å²) >= 11 is 1.24. The van der Waals surface area contributed by atoms with E-state index in [4.69, 9.17) is 0 Å². The Hall–Kier alpha value is -3.48. The molecule has 1 amide bonds. The Kier molecular flexibility index (Phi) is 7.10. The number of thiazole rings is 1. The van der Waals surface area contributed by atoms with Gasteiger partial charge in [0.15, 0.2) is 0 Å². The van der Waals surface area contributed by atoms with Gasteiger partial charge in [0.2, 0.25) is 10.0 Å². The van der Waals surface area contributed by atoms with E-state index in [1.807, 2.05) is 12.1 Å². The predicted molar refractivity (Wildman–Crippen MR) is 125 cm³/mol. The number of amides is 1. The number of halogens is 1. The highest BCUT2D eigenvalue weighted by Gasteiger charge is 2.18. The minimum absolute atomic E-state index is 0.0114. The number of hydrogen-bond donors (Lipinski definition) is 2. The molecular formula is C22H21FN6O3S2. The van der Waals surface area contributed by atoms with Gasteiger partial charge < -0.3 is 5.32 Å². The van der Waals surface area contributed by atoms with Crippen LogP contribution in [0.25, 0.3) is 10.7 Å². The molecule has 12 heteroatoms. The third-order valence-corrected chi connectivity index (χ3v) is 7.45. The van der Waals surface area contributed by atoms with Crippen LogP contribution in [0.3, 0.4) is 0 Å². The van der Waals surface area contributed by atoms with Gasteiger partial charge in [-0.1, -0.05) is 6.07 Å². The molecule has 4 aromatic rings. The molecule has 9 nitrogen and oxygen atoms in total. The summed E-state index contributed by atoms with van der Waals surface area (Å²) in [7, 11) is -3.75. The van der Waals surface area contributed by atoms with Gasteiger partial charge >= 0.3 is 0 Å². The van der Waals surface area contributed by atoms with Gasteiger partial charge in [-0.3, -0.25) is 14.5 Å². The van der Waals surface area contributed by atoms with Crippen molar-refractivity contribution in [3.05, 3.63) is 83.0 Å². The molecule has 0 atom stereocenters. The zero-order valence-corrected chi connectivity index (χ0v) is 19.7. The fraction of sp³-hybridized carbons (Fsp3) is 0.182. The number of nitrogens with zero attached hydrogens (tertiary/aromatic N) is 4. The molecule has 0 aliphatic heterocycles. The lowest BCUT2D eigenvalue weighted by molar-refractivity contribution is 0.0954. The fourth-order valence-electron chi connectivity index (χ4n) is 3.07. The largest absolute Gasteiger partial charge is 0.347 e. The molecule has 3 aromatic heterocycles. The molecule has 0 saturated carbocycles. The molecule has 0 unspecified atom stereocenters. The lowest BCUT2D eigenvalue weighted by atomic mass is 10.3. The summed E-state index contributed by atoms with van der Waals surface area (Å²) in [5.74, 6) is -0.727. The smallest absolute Gasteiger partial charge is 0.263 e. The van der Waals surface area contributed by atoms with Crippen LogP contribution < -0.4 is 10.0 Å². The highest BCUT2D eigenvalue weighted by Crippen LogP contribution is 2.26. The minimum Gasteiger partial charge on any atom is -0.347 e. The van der Waals surface area contributed by atoms with Crippen molar-refractivity contribution in [3.8, 4) is 10.7 Å². The number of benzene rings is 1. The summed E-state index contributed by atoms with van der Waals surface area (Å²) in [6.07, 6.45) is 5.07. The summed E-state index contributed by atoms with van der Waals surface area (Å²) in [4.78, 5) is 21.6. The molecule has 0 bridgehead atoms. The Morgan fingerprint density at radius 3 is 2.71 bits per heavy atom. The summed E-state index contributed by atoms with van der Waals surface area (Å²) in [5, 5.41) is 7.89. The first-order chi connectivity index (χ1) is 16.3. The molecule has 0 aliphatic carbocycles. The molecule has 0 spiro atoms. The van der Waals surface area contributed by atoms with Crippen LogP contribution >= 0.6 is 11.3 Å². The second-order valence-electron chi connectivity index (χ2n) is 7.29. The topological polar surface area (TPSA) is 119 Å². The van der Waals surface area contributed by atoms with E-state index in [1.54, 1.807) is 36.3 Å². The highest BCUT2D eigenvalue weighted by molar-refractivity contribution is 7.89. The number of carbonyl (C=O) groups is 1. The first kappa shape index (κ1) is 23.7. The molecular weight excluding hydrogens is 479 g/mol. The van der Waals surface area contributed by atoms with E-state index in [1.165, 1.54) is 23.5 Å². The summed E-state index contributed by atoms with van der Waals surface area (Å²) in [6, 6.07) is 10.0. The third kappa shape index (κ3) is 5.71. The van der Waals surface area contributed by atoms with Gasteiger partial charge in [-0.25, -0.2) is 22.5 Å². The average Bonchev–Trinajstić information content (AvgIpc) is 3.45. The molecule has 2 N–H and O–H groups in total. The lowest BCUT2D eigenvalue weighted by Crippen LogP contribution is -2.27. The van der Waals surface area contributed by atoms with E-state index in [0.29, 0.717) is 27.8 Å². The number of sulfonamides is 1. The van der Waals surface area contributed by atoms with Crippen LogP contribution in [0.15, 0.2) is 66.0 Å². The Labute approximate surface area is 199 Å². The zero-order valence-electron chi connectivity index (χ0n) is 18.1. The van der Waals surface area contributed by atoms with Crippen LogP contribution in [0.5, 0.6) is 0 Å². The molecule has 0 radical (unpaired) electrons. The van der Waals surface area contributed by atoms with Crippen molar-refractivity contribution >= 4 is 27.3 Å². The number of nitrogens with one attached hydrogen (secondary N) is 2. The van der Waals surface area contributed by atoms with E-state index in [-0.39, 0.29) is 23.9 Å². The van der Waals surface area contributed by atoms with Crippen LogP contribution in [0.2, 0.25) is 0 Å². The van der Waals surface area contributed by atoms with Crippen molar-refractivity contribution in [2.75, 3.05) is 6.54 Å². The molecule has 0 fully saturated rings. The van der Waals surface area contributed by atoms with Crippen LogP contribution in [0, 0.1) is 12.7 Å². The van der Waals surface area contributed by atoms with E-state index in [2.05, 4.69) is 25.1 Å². The van der Waals surface area contributed by atoms with E-state index in [9.17, 15) is 17.6 Å². The Balaban J connectivity index is 1.35. The molecule has 34 heavy (non-hydrogen) atoms. The standard InChI is InChI=1S/C22H21FN6O3S2/c1-15-20(21(30)25-14-16-3-2-9-24-13-16)33-22(27-15)19-8-11-29(28-19)12-10-26-34(31,32)18-6-4-17(23)5-7-18/h2-9,11,13,26H,10,12,14H2,1H3,(H,25,30). The maximum absolute atomic E-state index is 13.0. The number of pyridine rings is 1. The minimum atomic E-state index is -3.75. The first-order valence-corrected chi connectivity index (χ1v) is 12.6. The highest BCUT2D eigenvalue weighted by atomic mass is 32.2. The van der Waals surface area contributed by atoms with Gasteiger partial charge in [0.25, 0.3) is 5.91 Å². The predicted octanol–water partition coefficient (Wildman–Crippen LogP) is 2.76. The second-order valence-corrected chi connectivity index (χ2v) is 10.1. The van der Waals surface area contributed by atoms with E-state index >= 15 is 0 Å². The molecule has 0 saturated heterocycles. The fourth-order valence-corrected chi connectivity index (χ4v) is 5.04. The molecule has 3 heterocycles. The lowest BCUT2D eigenvalue weighted by Gasteiger charge is -2.06. The SMILES string of the molecule is Cc1nc(-c2ccn(CCNS(=O)(=O)c3ccc(F)cc3)n2)sc1C(=O)NCc1cccnc1. The zero-order chi connectivity index (χ0) is 24.1. The summed E-state index contributed by atoms with van der Waals surface area (Å²) in [6.45, 7) is 2.50. The van der Waals surface area contributed by atoms with Gasteiger partial charge in [-0.15, -0.1) is 11.3 Å². The van der Waals surface area contributed by atoms with Gasteiger partial charge in [0, 0.05) is 31.7 Å². The van der Waals surface area contributed by atoms with Crippen LogP contribution in [-0.2, 0) is 23.1 Å². The number of hydrogen-bond acceptors (Lipinski definition) is 7. The first-order valence-electron chi connectivity index (χ1n) is 10.3. The van der Waals surface area contributed by atoms with Gasteiger partial charge in [0.1, 0.15) is 21.4 Å². The van der Waals surface area contributed by atoms with Crippen LogP contribution in [-0.4, -0.2) is 40.6 Å². The quantitative estimate of drug-likeness (QED) is 0.365. The van der Waals surface area contributed by atoms with Crippen molar-refractivity contribution in [1.82, 2.24) is 29.8 Å². The Bertz CT molecular complexity index is 1390. The van der Waals surface area contributed by atoms with Crippen molar-refractivity contribution in [1.29, 1.82) is 0 Å². The third-order valence-electron chi connectivity index (χ3n) is 4.80. The van der Waals surface area contributed by atoms with Gasteiger partial charge in [-0.2, -0.15) is 5.10 Å². The number of aromatic nitrogens is 4. The number of carbonyl (C=O) groups excluding carboxylic acids is 1. The molecule has 176 valence electrons. The van der Waals surface area contributed by atoms with E-state index < -0.39 is 15.8 Å². The van der Waals surface area contributed by atoms with Gasteiger partial charge in [0.05, 0.1) is 17.1 Å². The number of aryl methyl sites for hydroxylation is 1. The molecule has 4 rings (SSSR count). The second kappa shape index (κ2) is 10.2. The van der Waals surface area contributed by atoms with Crippen LogP contribution in [0.4, 0.5) is 4.39 Å². The van der Waals surface area contributed by atoms with Crippen LogP contribution in [0.1, 0.15) is 20.9 Å².